The summed E-state index contributed by atoms with van der Waals surface area (Å²) >= 11 is 0. The average molecular weight is 338 g/mol. The molecule has 0 saturated heterocycles. The topological polar surface area (TPSA) is 68.3 Å². The van der Waals surface area contributed by atoms with Gasteiger partial charge < -0.3 is 14.8 Å². The van der Waals surface area contributed by atoms with Crippen LogP contribution in [0.5, 0.6) is 5.75 Å². The molecule has 5 heteroatoms. The molecule has 1 N–H and O–H groups in total. The van der Waals surface area contributed by atoms with Crippen LogP contribution in [0.2, 0.25) is 0 Å². The zero-order valence-corrected chi connectivity index (χ0v) is 14.1. The Morgan fingerprint density at radius 1 is 1.08 bits per heavy atom. The van der Waals surface area contributed by atoms with E-state index in [9.17, 15) is 9.59 Å². The number of carbonyl (C=O) groups excluding carboxylic acids is 2. The van der Waals surface area contributed by atoms with Gasteiger partial charge in [0.15, 0.2) is 0 Å². The minimum Gasteiger partial charge on any atom is -0.493 e. The lowest BCUT2D eigenvalue weighted by Crippen LogP contribution is -2.36. The minimum absolute atomic E-state index is 0.254. The first-order valence-electron chi connectivity index (χ1n) is 8.72. The summed E-state index contributed by atoms with van der Waals surface area (Å²) in [6.45, 7) is 0.652. The van der Waals surface area contributed by atoms with Crippen molar-refractivity contribution in [1.82, 2.24) is 10.3 Å². The molecule has 1 aromatic carbocycles. The van der Waals surface area contributed by atoms with E-state index in [1.807, 2.05) is 30.3 Å². The quantitative estimate of drug-likeness (QED) is 0.809. The highest BCUT2D eigenvalue weighted by molar-refractivity contribution is 6.01. The van der Waals surface area contributed by atoms with Gasteiger partial charge in [0.1, 0.15) is 12.0 Å². The van der Waals surface area contributed by atoms with Gasteiger partial charge in [-0.05, 0) is 25.0 Å². The molecule has 130 valence electrons. The number of hydrogen-bond acceptors (Lipinski definition) is 4. The van der Waals surface area contributed by atoms with Crippen molar-refractivity contribution in [2.75, 3.05) is 6.61 Å². The van der Waals surface area contributed by atoms with E-state index < -0.39 is 6.04 Å². The minimum atomic E-state index is -0.457. The number of nitrogens with zero attached hydrogens (tertiary/aromatic N) is 1. The Bertz CT molecular complexity index is 745. The Kier molecular flexibility index (Phi) is 5.77. The van der Waals surface area contributed by atoms with Gasteiger partial charge in [-0.3, -0.25) is 9.78 Å². The Hall–Kier alpha value is -2.69. The number of aromatic nitrogens is 1. The van der Waals surface area contributed by atoms with Gasteiger partial charge in [-0.1, -0.05) is 37.5 Å². The Morgan fingerprint density at radius 2 is 1.88 bits per heavy atom. The first kappa shape index (κ1) is 17.1. The number of amides is 1. The van der Waals surface area contributed by atoms with E-state index in [4.69, 9.17) is 4.74 Å². The predicted octanol–water partition coefficient (Wildman–Crippen LogP) is 3.39. The second kappa shape index (κ2) is 8.42. The third-order valence-corrected chi connectivity index (χ3v) is 4.34. The van der Waals surface area contributed by atoms with E-state index in [-0.39, 0.29) is 5.91 Å². The third-order valence-electron chi connectivity index (χ3n) is 4.34. The molecule has 1 atom stereocenters. The molecule has 2 aromatic rings. The highest BCUT2D eigenvalue weighted by atomic mass is 16.5. The second-order valence-corrected chi connectivity index (χ2v) is 6.19. The largest absolute Gasteiger partial charge is 0.493 e. The number of nitrogens with one attached hydrogen (secondary N) is 1. The van der Waals surface area contributed by atoms with E-state index in [0.29, 0.717) is 24.3 Å². The smallest absolute Gasteiger partial charge is 0.252 e. The lowest BCUT2D eigenvalue weighted by Gasteiger charge is -2.14. The monoisotopic (exact) mass is 338 g/mol. The first-order valence-corrected chi connectivity index (χ1v) is 8.72. The van der Waals surface area contributed by atoms with Gasteiger partial charge in [0.05, 0.1) is 18.3 Å². The molecule has 0 fully saturated rings. The summed E-state index contributed by atoms with van der Waals surface area (Å²) in [6.07, 6.45) is 7.09. The van der Waals surface area contributed by atoms with Crippen LogP contribution in [0.4, 0.5) is 0 Å². The fraction of sp³-hybridized carbons (Fsp3) is 0.350. The number of carbonyl (C=O) groups is 2. The summed E-state index contributed by atoms with van der Waals surface area (Å²) in [5, 5.41) is 2.83. The average Bonchev–Trinajstić information content (AvgIpc) is 2.66. The molecule has 0 radical (unpaired) electrons. The van der Waals surface area contributed by atoms with Crippen molar-refractivity contribution in [3.05, 3.63) is 48.2 Å². The molecular weight excluding hydrogens is 316 g/mol. The molecule has 0 unspecified atom stereocenters. The van der Waals surface area contributed by atoms with Crippen LogP contribution in [0.15, 0.2) is 42.6 Å². The van der Waals surface area contributed by atoms with Crippen molar-refractivity contribution in [2.24, 2.45) is 0 Å². The molecule has 1 aromatic heterocycles. The van der Waals surface area contributed by atoms with Crippen LogP contribution in [0, 0.1) is 0 Å². The van der Waals surface area contributed by atoms with Crippen LogP contribution in [-0.2, 0) is 4.79 Å². The highest BCUT2D eigenvalue weighted by Gasteiger charge is 2.17. The summed E-state index contributed by atoms with van der Waals surface area (Å²) in [7, 11) is 0. The molecule has 25 heavy (non-hydrogen) atoms. The standard InChI is InChI=1S/C20H22N2O3/c23-14-15-7-3-1-2-6-12-25-16-10-11-21-19(13-16)17-8-4-5-9-18(17)20(24)22-15/h4-5,8-11,13-15H,1-3,6-7,12H2,(H,22,24)/t15-/m0/s1. The number of rotatable bonds is 1. The molecule has 1 aliphatic rings. The van der Waals surface area contributed by atoms with Crippen LogP contribution in [0.3, 0.4) is 0 Å². The van der Waals surface area contributed by atoms with Crippen LogP contribution >= 0.6 is 0 Å². The Labute approximate surface area is 147 Å². The normalized spacial score (nSPS) is 18.7. The van der Waals surface area contributed by atoms with E-state index in [2.05, 4.69) is 10.3 Å². The van der Waals surface area contributed by atoms with Crippen molar-refractivity contribution in [3.8, 4) is 17.0 Å². The van der Waals surface area contributed by atoms with Gasteiger partial charge in [0.25, 0.3) is 5.91 Å². The number of ether oxygens (including phenoxy) is 1. The van der Waals surface area contributed by atoms with Gasteiger partial charge in [-0.25, -0.2) is 0 Å². The van der Waals surface area contributed by atoms with Crippen molar-refractivity contribution in [2.45, 2.75) is 38.1 Å². The molecule has 0 spiro atoms. The summed E-state index contributed by atoms with van der Waals surface area (Å²) < 4.78 is 5.81. The molecule has 5 nitrogen and oxygen atoms in total. The zero-order chi connectivity index (χ0) is 17.5. The van der Waals surface area contributed by atoms with Gasteiger partial charge in [0.2, 0.25) is 0 Å². The maximum Gasteiger partial charge on any atom is 0.252 e. The second-order valence-electron chi connectivity index (χ2n) is 6.19. The maximum atomic E-state index is 12.7. The molecule has 0 aliphatic carbocycles. The summed E-state index contributed by atoms with van der Waals surface area (Å²) in [6, 6.07) is 10.5. The number of hydrogen-bond donors (Lipinski definition) is 1. The number of benzene rings is 1. The predicted molar refractivity (Wildman–Crippen MR) is 95.6 cm³/mol. The van der Waals surface area contributed by atoms with Crippen molar-refractivity contribution < 1.29 is 14.3 Å². The fourth-order valence-electron chi connectivity index (χ4n) is 2.98. The van der Waals surface area contributed by atoms with Crippen LogP contribution in [0.1, 0.15) is 42.5 Å². The van der Waals surface area contributed by atoms with E-state index in [1.54, 1.807) is 12.3 Å². The lowest BCUT2D eigenvalue weighted by molar-refractivity contribution is -0.109. The summed E-state index contributed by atoms with van der Waals surface area (Å²) in [4.78, 5) is 28.4. The Morgan fingerprint density at radius 3 is 2.72 bits per heavy atom. The van der Waals surface area contributed by atoms with Gasteiger partial charge >= 0.3 is 0 Å². The van der Waals surface area contributed by atoms with Crippen LogP contribution in [0.25, 0.3) is 11.3 Å². The molecule has 3 rings (SSSR count). The van der Waals surface area contributed by atoms with Crippen LogP contribution in [-0.4, -0.2) is 29.8 Å². The first-order chi connectivity index (χ1) is 12.3. The van der Waals surface area contributed by atoms with E-state index in [1.165, 1.54) is 0 Å². The third kappa shape index (κ3) is 4.44. The molecule has 1 aliphatic heterocycles. The van der Waals surface area contributed by atoms with Crippen LogP contribution < -0.4 is 10.1 Å². The lowest BCUT2D eigenvalue weighted by atomic mass is 10.0. The van der Waals surface area contributed by atoms with E-state index in [0.717, 1.165) is 43.3 Å². The van der Waals surface area contributed by atoms with Gasteiger partial charge in [0, 0.05) is 23.4 Å². The molecule has 2 bridgehead atoms. The Balaban J connectivity index is 1.96. The highest BCUT2D eigenvalue weighted by Crippen LogP contribution is 2.25. The SMILES string of the molecule is O=C[C@@H]1CCCCCCOc2ccnc(c2)-c2ccccc2C(=O)N1. The van der Waals surface area contributed by atoms with Crippen molar-refractivity contribution >= 4 is 12.2 Å². The number of aldehydes is 1. The number of fused-ring (bicyclic) bond motifs is 4. The maximum absolute atomic E-state index is 12.7. The van der Waals surface area contributed by atoms with Gasteiger partial charge in [-0.15, -0.1) is 0 Å². The van der Waals surface area contributed by atoms with Gasteiger partial charge in [-0.2, -0.15) is 0 Å². The molecule has 1 amide bonds. The summed E-state index contributed by atoms with van der Waals surface area (Å²) in [5.41, 5.74) is 1.92. The molecular formula is C20H22N2O3. The molecule has 2 heterocycles. The summed E-state index contributed by atoms with van der Waals surface area (Å²) in [5.74, 6) is 0.497. The number of pyridine rings is 1. The fourth-order valence-corrected chi connectivity index (χ4v) is 2.98. The van der Waals surface area contributed by atoms with E-state index >= 15 is 0 Å². The molecule has 0 saturated carbocycles. The van der Waals surface area contributed by atoms with Crippen molar-refractivity contribution in [1.29, 1.82) is 0 Å². The zero-order valence-electron chi connectivity index (χ0n) is 14.1. The van der Waals surface area contributed by atoms with Crippen molar-refractivity contribution in [3.63, 3.8) is 0 Å².